The molecular formula is C15H17NO2S. The summed E-state index contributed by atoms with van der Waals surface area (Å²) in [5.74, 6) is 1.60. The van der Waals surface area contributed by atoms with Gasteiger partial charge >= 0.3 is 0 Å². The van der Waals surface area contributed by atoms with Crippen LogP contribution in [0, 0.1) is 13.8 Å². The summed E-state index contributed by atoms with van der Waals surface area (Å²) in [5, 5.41) is 0. The predicted octanol–water partition coefficient (Wildman–Crippen LogP) is 3.18. The number of ether oxygens (including phenoxy) is 2. The average molecular weight is 275 g/mol. The van der Waals surface area contributed by atoms with Crippen LogP contribution in [-0.2, 0) is 0 Å². The Morgan fingerprint density at radius 3 is 2.53 bits per heavy atom. The summed E-state index contributed by atoms with van der Waals surface area (Å²) in [5.41, 5.74) is 8.63. The monoisotopic (exact) mass is 275 g/mol. The van der Waals surface area contributed by atoms with Gasteiger partial charge in [-0.25, -0.2) is 0 Å². The van der Waals surface area contributed by atoms with Crippen LogP contribution >= 0.6 is 11.3 Å². The van der Waals surface area contributed by atoms with Gasteiger partial charge < -0.3 is 15.2 Å². The molecule has 0 amide bonds. The fourth-order valence-corrected chi connectivity index (χ4v) is 3.36. The Morgan fingerprint density at radius 2 is 1.84 bits per heavy atom. The van der Waals surface area contributed by atoms with E-state index in [4.69, 9.17) is 15.2 Å². The van der Waals surface area contributed by atoms with Gasteiger partial charge in [0, 0.05) is 9.75 Å². The molecular weight excluding hydrogens is 258 g/mol. The predicted molar refractivity (Wildman–Crippen MR) is 77.3 cm³/mol. The SMILES string of the molecule is Cc1cc(C(N)c2ccc3c(c2)OCCO3)c(C)s1. The van der Waals surface area contributed by atoms with Crippen LogP contribution in [-0.4, -0.2) is 13.2 Å². The molecule has 1 aromatic carbocycles. The summed E-state index contributed by atoms with van der Waals surface area (Å²) < 4.78 is 11.1. The summed E-state index contributed by atoms with van der Waals surface area (Å²) >= 11 is 1.79. The summed E-state index contributed by atoms with van der Waals surface area (Å²) in [7, 11) is 0. The zero-order chi connectivity index (χ0) is 13.4. The van der Waals surface area contributed by atoms with Gasteiger partial charge in [0.15, 0.2) is 11.5 Å². The van der Waals surface area contributed by atoms with Crippen molar-refractivity contribution in [1.29, 1.82) is 0 Å². The van der Waals surface area contributed by atoms with Crippen LogP contribution in [0.3, 0.4) is 0 Å². The highest BCUT2D eigenvalue weighted by Gasteiger charge is 2.18. The topological polar surface area (TPSA) is 44.5 Å². The molecule has 1 unspecified atom stereocenters. The summed E-state index contributed by atoms with van der Waals surface area (Å²) in [4.78, 5) is 2.57. The van der Waals surface area contributed by atoms with Gasteiger partial charge in [-0.2, -0.15) is 0 Å². The van der Waals surface area contributed by atoms with Gasteiger partial charge in [-0.15, -0.1) is 11.3 Å². The first-order valence-electron chi connectivity index (χ1n) is 6.37. The average Bonchev–Trinajstić information content (AvgIpc) is 2.76. The van der Waals surface area contributed by atoms with E-state index in [1.807, 2.05) is 18.2 Å². The maximum absolute atomic E-state index is 6.37. The van der Waals surface area contributed by atoms with Crippen molar-refractivity contribution in [2.24, 2.45) is 5.73 Å². The third-order valence-electron chi connectivity index (χ3n) is 3.34. The first kappa shape index (κ1) is 12.5. The van der Waals surface area contributed by atoms with Crippen molar-refractivity contribution in [3.8, 4) is 11.5 Å². The summed E-state index contributed by atoms with van der Waals surface area (Å²) in [6.45, 7) is 5.44. The Morgan fingerprint density at radius 1 is 1.11 bits per heavy atom. The summed E-state index contributed by atoms with van der Waals surface area (Å²) in [6.07, 6.45) is 0. The standard InChI is InChI=1S/C15H17NO2S/c1-9-7-12(10(2)19-9)15(16)11-3-4-13-14(8-11)18-6-5-17-13/h3-4,7-8,15H,5-6,16H2,1-2H3. The molecule has 0 spiro atoms. The Balaban J connectivity index is 1.95. The third-order valence-corrected chi connectivity index (χ3v) is 4.32. The van der Waals surface area contributed by atoms with E-state index < -0.39 is 0 Å². The molecule has 3 nitrogen and oxygen atoms in total. The maximum atomic E-state index is 6.37. The second-order valence-corrected chi connectivity index (χ2v) is 6.21. The molecule has 2 N–H and O–H groups in total. The first-order chi connectivity index (χ1) is 9.15. The highest BCUT2D eigenvalue weighted by Crippen LogP contribution is 2.35. The second-order valence-electron chi connectivity index (χ2n) is 4.75. The minimum Gasteiger partial charge on any atom is -0.486 e. The van der Waals surface area contributed by atoms with E-state index >= 15 is 0 Å². The van der Waals surface area contributed by atoms with E-state index in [0.29, 0.717) is 13.2 Å². The number of rotatable bonds is 2. The number of hydrogen-bond donors (Lipinski definition) is 1. The zero-order valence-corrected chi connectivity index (χ0v) is 11.9. The molecule has 1 aliphatic rings. The van der Waals surface area contributed by atoms with Crippen LogP contribution in [0.25, 0.3) is 0 Å². The highest BCUT2D eigenvalue weighted by molar-refractivity contribution is 7.12. The first-order valence-corrected chi connectivity index (χ1v) is 7.19. The Kier molecular flexibility index (Phi) is 3.21. The zero-order valence-electron chi connectivity index (χ0n) is 11.1. The molecule has 0 saturated heterocycles. The lowest BCUT2D eigenvalue weighted by Gasteiger charge is -2.20. The smallest absolute Gasteiger partial charge is 0.161 e. The van der Waals surface area contributed by atoms with Crippen molar-refractivity contribution in [1.82, 2.24) is 0 Å². The van der Waals surface area contributed by atoms with Gasteiger partial charge in [0.05, 0.1) is 6.04 Å². The molecule has 100 valence electrons. The van der Waals surface area contributed by atoms with Gasteiger partial charge in [0.2, 0.25) is 0 Å². The largest absolute Gasteiger partial charge is 0.486 e. The summed E-state index contributed by atoms with van der Waals surface area (Å²) in [6, 6.07) is 8.01. The van der Waals surface area contributed by atoms with Gasteiger partial charge in [0.1, 0.15) is 13.2 Å². The fraction of sp³-hybridized carbons (Fsp3) is 0.333. The molecule has 1 atom stereocenters. The molecule has 4 heteroatoms. The lowest BCUT2D eigenvalue weighted by Crippen LogP contribution is -2.17. The molecule has 0 radical (unpaired) electrons. The molecule has 0 aliphatic carbocycles. The van der Waals surface area contributed by atoms with E-state index in [0.717, 1.165) is 17.1 Å². The molecule has 3 rings (SSSR count). The van der Waals surface area contributed by atoms with Crippen molar-refractivity contribution in [2.75, 3.05) is 13.2 Å². The maximum Gasteiger partial charge on any atom is 0.161 e. The minimum absolute atomic E-state index is 0.110. The van der Waals surface area contributed by atoms with E-state index in [-0.39, 0.29) is 6.04 Å². The Bertz CT molecular complexity index is 606. The molecule has 2 heterocycles. The lowest BCUT2D eigenvalue weighted by atomic mass is 9.99. The van der Waals surface area contributed by atoms with E-state index in [2.05, 4.69) is 19.9 Å². The van der Waals surface area contributed by atoms with Crippen molar-refractivity contribution in [2.45, 2.75) is 19.9 Å². The fourth-order valence-electron chi connectivity index (χ4n) is 2.39. The van der Waals surface area contributed by atoms with Gasteiger partial charge in [-0.05, 0) is 43.2 Å². The third kappa shape index (κ3) is 2.33. The number of benzene rings is 1. The molecule has 19 heavy (non-hydrogen) atoms. The van der Waals surface area contributed by atoms with Crippen LogP contribution in [0.2, 0.25) is 0 Å². The van der Waals surface area contributed by atoms with Crippen molar-refractivity contribution in [3.63, 3.8) is 0 Å². The van der Waals surface area contributed by atoms with Crippen molar-refractivity contribution in [3.05, 3.63) is 45.1 Å². The van der Waals surface area contributed by atoms with Crippen LogP contribution in [0.4, 0.5) is 0 Å². The number of nitrogens with two attached hydrogens (primary N) is 1. The normalized spacial score (nSPS) is 15.3. The van der Waals surface area contributed by atoms with Crippen LogP contribution in [0.15, 0.2) is 24.3 Å². The van der Waals surface area contributed by atoms with Crippen molar-refractivity contribution >= 4 is 11.3 Å². The molecule has 2 aromatic rings. The number of aryl methyl sites for hydroxylation is 2. The molecule has 0 bridgehead atoms. The molecule has 0 saturated carbocycles. The molecule has 0 fully saturated rings. The highest BCUT2D eigenvalue weighted by atomic mass is 32.1. The number of thiophene rings is 1. The quantitative estimate of drug-likeness (QED) is 0.915. The van der Waals surface area contributed by atoms with E-state index in [1.165, 1.54) is 15.3 Å². The Labute approximate surface area is 117 Å². The second kappa shape index (κ2) is 4.87. The van der Waals surface area contributed by atoms with Crippen LogP contribution < -0.4 is 15.2 Å². The van der Waals surface area contributed by atoms with Gasteiger partial charge in [0.25, 0.3) is 0 Å². The Hall–Kier alpha value is -1.52. The van der Waals surface area contributed by atoms with E-state index in [1.54, 1.807) is 11.3 Å². The lowest BCUT2D eigenvalue weighted by molar-refractivity contribution is 0.171. The number of fused-ring (bicyclic) bond motifs is 1. The number of hydrogen-bond acceptors (Lipinski definition) is 4. The van der Waals surface area contributed by atoms with E-state index in [9.17, 15) is 0 Å². The molecule has 1 aliphatic heterocycles. The van der Waals surface area contributed by atoms with Crippen LogP contribution in [0.1, 0.15) is 26.9 Å². The molecule has 1 aromatic heterocycles. The van der Waals surface area contributed by atoms with Crippen LogP contribution in [0.5, 0.6) is 11.5 Å². The van der Waals surface area contributed by atoms with Gasteiger partial charge in [-0.3, -0.25) is 0 Å². The van der Waals surface area contributed by atoms with Gasteiger partial charge in [-0.1, -0.05) is 6.07 Å². The van der Waals surface area contributed by atoms with Crippen molar-refractivity contribution < 1.29 is 9.47 Å². The minimum atomic E-state index is -0.110.